The summed E-state index contributed by atoms with van der Waals surface area (Å²) in [6, 6.07) is 10.7. The van der Waals surface area contributed by atoms with Gasteiger partial charge in [-0.3, -0.25) is 24.0 Å². The van der Waals surface area contributed by atoms with Crippen LogP contribution in [-0.4, -0.2) is 149 Å². The highest BCUT2D eigenvalue weighted by atomic mass is 16.7. The number of carbonyl (C=O) groups is 7. The topological polar surface area (TPSA) is 324 Å². The maximum absolute atomic E-state index is 14.2. The first-order valence-electron chi connectivity index (χ1n) is 30.2. The fourth-order valence-electron chi connectivity index (χ4n) is 10.6. The van der Waals surface area contributed by atoms with Crippen molar-refractivity contribution in [1.82, 2.24) is 30.8 Å². The van der Waals surface area contributed by atoms with Crippen LogP contribution in [0.3, 0.4) is 0 Å². The van der Waals surface area contributed by atoms with Crippen LogP contribution in [0.25, 0.3) is 22.3 Å². The summed E-state index contributed by atoms with van der Waals surface area (Å²) >= 11 is 0. The number of anilines is 1. The van der Waals surface area contributed by atoms with Crippen molar-refractivity contribution in [3.63, 3.8) is 0 Å². The zero-order valence-corrected chi connectivity index (χ0v) is 51.0. The SMILES string of the molecule is CCc1c2c(nc3ccc(OC)cc13)-c1cc3c(c(=O)n1C2)COC(=O)[C@@]3(CC)OC(=O)OCc1ccc(NC(=O)[C@H](CCCNC(N)=O)NC(=O)[C@@H](NC(=O)CCOCCOCCOCCOCCNC(=O)COC2/C=C\CCCCC2)C(C)C)cc1. The van der Waals surface area contributed by atoms with Gasteiger partial charge in [-0.05, 0) is 98.4 Å². The number of benzene rings is 2. The summed E-state index contributed by atoms with van der Waals surface area (Å²) in [6.45, 7) is 9.59. The summed E-state index contributed by atoms with van der Waals surface area (Å²) < 4.78 is 51.8. The van der Waals surface area contributed by atoms with E-state index in [-0.39, 0.29) is 107 Å². The second-order valence-electron chi connectivity index (χ2n) is 21.8. The molecule has 25 heteroatoms. The first-order chi connectivity index (χ1) is 42.5. The number of pyridine rings is 2. The average Bonchev–Trinajstić information content (AvgIpc) is 1.53. The number of rotatable bonds is 34. The average molecular weight is 1230 g/mol. The molecule has 0 bridgehead atoms. The van der Waals surface area contributed by atoms with Crippen LogP contribution in [0, 0.1) is 5.92 Å². The Kier molecular flexibility index (Phi) is 26.1. The third kappa shape index (κ3) is 18.8. The molecule has 6 amide bonds. The number of nitrogens with zero attached hydrogens (tertiary/aromatic N) is 2. The predicted molar refractivity (Wildman–Crippen MR) is 323 cm³/mol. The van der Waals surface area contributed by atoms with Crippen LogP contribution in [0.1, 0.15) is 113 Å². The number of esters is 1. The number of hydrogen-bond donors (Lipinski definition) is 6. The maximum Gasteiger partial charge on any atom is 0.510 e. The summed E-state index contributed by atoms with van der Waals surface area (Å²) in [6.07, 6.45) is 9.29. The molecule has 1 aliphatic carbocycles. The molecule has 25 nitrogen and oxygen atoms in total. The van der Waals surface area contributed by atoms with Gasteiger partial charge in [0.25, 0.3) is 5.56 Å². The number of cyclic esters (lactones) is 1. The molecule has 3 aliphatic rings. The van der Waals surface area contributed by atoms with Gasteiger partial charge < -0.3 is 79.5 Å². The van der Waals surface area contributed by atoms with E-state index < -0.39 is 59.1 Å². The molecule has 4 aromatic rings. The largest absolute Gasteiger partial charge is 0.510 e. The maximum atomic E-state index is 14.2. The van der Waals surface area contributed by atoms with Gasteiger partial charge >= 0.3 is 18.2 Å². The van der Waals surface area contributed by atoms with E-state index in [1.807, 2.05) is 31.2 Å². The van der Waals surface area contributed by atoms with Crippen LogP contribution in [0.2, 0.25) is 0 Å². The Morgan fingerprint density at radius 1 is 0.818 bits per heavy atom. The molecule has 0 spiro atoms. The van der Waals surface area contributed by atoms with Crippen molar-refractivity contribution in [2.75, 3.05) is 85.0 Å². The lowest BCUT2D eigenvalue weighted by atomic mass is 9.85. The van der Waals surface area contributed by atoms with Crippen LogP contribution in [-0.2, 0) is 93.6 Å². The zero-order chi connectivity index (χ0) is 63.0. The normalized spacial score (nSPS) is 17.0. The van der Waals surface area contributed by atoms with E-state index in [4.69, 9.17) is 53.3 Å². The van der Waals surface area contributed by atoms with Gasteiger partial charge in [-0.1, -0.05) is 64.8 Å². The van der Waals surface area contributed by atoms with Crippen molar-refractivity contribution in [3.05, 3.63) is 98.9 Å². The lowest BCUT2D eigenvalue weighted by Gasteiger charge is -2.35. The lowest BCUT2D eigenvalue weighted by Crippen LogP contribution is -2.54. The molecule has 0 saturated carbocycles. The molecule has 0 saturated heterocycles. The van der Waals surface area contributed by atoms with Gasteiger partial charge in [0.1, 0.15) is 37.7 Å². The summed E-state index contributed by atoms with van der Waals surface area (Å²) in [5, 5.41) is 14.5. The quantitative estimate of drug-likeness (QED) is 0.0168. The van der Waals surface area contributed by atoms with E-state index in [0.717, 1.165) is 35.8 Å². The highest BCUT2D eigenvalue weighted by Crippen LogP contribution is 2.42. The first kappa shape index (κ1) is 67.5. The molecule has 7 rings (SSSR count). The zero-order valence-electron chi connectivity index (χ0n) is 51.0. The number of aromatic nitrogens is 2. The van der Waals surface area contributed by atoms with Crippen molar-refractivity contribution in [3.8, 4) is 17.1 Å². The van der Waals surface area contributed by atoms with Gasteiger partial charge in [0.15, 0.2) is 0 Å². The number of aryl methyl sites for hydroxylation is 1. The Labute approximate surface area is 511 Å². The molecule has 0 fully saturated rings. The van der Waals surface area contributed by atoms with Gasteiger partial charge in [0.05, 0.1) is 95.1 Å². The van der Waals surface area contributed by atoms with Gasteiger partial charge in [-0.25, -0.2) is 19.4 Å². The number of urea groups is 1. The Hall–Kier alpha value is -7.97. The molecular weight excluding hydrogens is 1140 g/mol. The fourth-order valence-corrected chi connectivity index (χ4v) is 10.6. The Morgan fingerprint density at radius 3 is 2.24 bits per heavy atom. The van der Waals surface area contributed by atoms with Crippen molar-refractivity contribution in [1.29, 1.82) is 0 Å². The van der Waals surface area contributed by atoms with Gasteiger partial charge in [0, 0.05) is 41.7 Å². The number of carbonyl (C=O) groups excluding carboxylic acids is 7. The van der Waals surface area contributed by atoms with E-state index in [1.165, 1.54) is 12.8 Å². The van der Waals surface area contributed by atoms with E-state index in [0.29, 0.717) is 79.9 Å². The second kappa shape index (κ2) is 34.0. The molecule has 88 heavy (non-hydrogen) atoms. The summed E-state index contributed by atoms with van der Waals surface area (Å²) in [5.74, 6) is -2.37. The number of allylic oxidation sites excluding steroid dienone is 1. The van der Waals surface area contributed by atoms with Gasteiger partial charge in [-0.2, -0.15) is 0 Å². The van der Waals surface area contributed by atoms with E-state index in [9.17, 15) is 38.4 Å². The summed E-state index contributed by atoms with van der Waals surface area (Å²) in [5.41, 5.74) is 7.68. The number of fused-ring (bicyclic) bond motifs is 5. The van der Waals surface area contributed by atoms with E-state index in [2.05, 4.69) is 32.7 Å². The number of hydrogen-bond acceptors (Lipinski definition) is 18. The molecule has 0 radical (unpaired) electrons. The van der Waals surface area contributed by atoms with Crippen molar-refractivity contribution in [2.24, 2.45) is 11.7 Å². The Balaban J connectivity index is 0.825. The van der Waals surface area contributed by atoms with E-state index in [1.54, 1.807) is 62.8 Å². The number of methoxy groups -OCH3 is 1. The van der Waals surface area contributed by atoms with Crippen LogP contribution >= 0.6 is 0 Å². The summed E-state index contributed by atoms with van der Waals surface area (Å²) in [4.78, 5) is 110. The summed E-state index contributed by atoms with van der Waals surface area (Å²) in [7, 11) is 1.59. The van der Waals surface area contributed by atoms with Crippen LogP contribution in [0.5, 0.6) is 5.75 Å². The molecule has 1 unspecified atom stereocenters. The van der Waals surface area contributed by atoms with Crippen LogP contribution in [0.15, 0.2) is 65.5 Å². The number of nitrogens with one attached hydrogen (secondary N) is 5. The molecule has 2 aromatic carbocycles. The van der Waals surface area contributed by atoms with E-state index >= 15 is 0 Å². The second-order valence-corrected chi connectivity index (χ2v) is 21.8. The third-order valence-corrected chi connectivity index (χ3v) is 15.3. The Bertz CT molecular complexity index is 3150. The fraction of sp³-hybridized carbons (Fsp3) is 0.540. The van der Waals surface area contributed by atoms with Gasteiger partial charge in [-0.15, -0.1) is 0 Å². The number of nitrogens with two attached hydrogens (primary N) is 1. The highest BCUT2D eigenvalue weighted by molar-refractivity contribution is 5.98. The smallest absolute Gasteiger partial charge is 0.497 e. The first-order valence-corrected chi connectivity index (χ1v) is 30.2. The predicted octanol–water partition coefficient (Wildman–Crippen LogP) is 5.50. The molecule has 2 aromatic heterocycles. The minimum Gasteiger partial charge on any atom is -0.497 e. The molecule has 4 heterocycles. The number of ether oxygens (including phenoxy) is 9. The monoisotopic (exact) mass is 1220 g/mol. The molecule has 478 valence electrons. The van der Waals surface area contributed by atoms with Crippen molar-refractivity contribution >= 4 is 58.4 Å². The molecule has 2 aliphatic heterocycles. The molecule has 4 atom stereocenters. The lowest BCUT2D eigenvalue weighted by molar-refractivity contribution is -0.175. The van der Waals surface area contributed by atoms with Crippen molar-refractivity contribution < 1.29 is 76.2 Å². The minimum atomic E-state index is -2.01. The number of amides is 6. The minimum absolute atomic E-state index is 0.0175. The van der Waals surface area contributed by atoms with Gasteiger partial charge in [0.2, 0.25) is 29.2 Å². The third-order valence-electron chi connectivity index (χ3n) is 15.3. The van der Waals surface area contributed by atoms with Crippen molar-refractivity contribution in [2.45, 2.75) is 135 Å². The highest BCUT2D eigenvalue weighted by Gasteiger charge is 2.51. The number of primary amides is 1. The standard InChI is InChI=1S/C63H84N8O17/c1-6-45-46-34-44(80-5)21-22-50(46)68-56-47(45)36-71-52(56)35-49-48(59(71)76)38-86-60(77)63(49,7-2)88-62(79)87-37-41-17-19-42(20-18-41)67-57(74)51(16-13-24-66-61(64)78)69-58(75)55(40(3)4)70-53(72)23-26-81-28-30-83-32-33-84-31-29-82-27-25-65-54(73)39-85-43-14-11-9-8-10-12-15-43/h11,14,17-22,34-35,40,43,51,55H,6-10,12-13,15-16,23-33,36-39H2,1-5H3,(H,65,73)(H,67,74)(H,69,75)(H,70,72)(H3,64,66,78)/b14-11-/t43?,51-,55-,63-/m0/s1. The van der Waals surface area contributed by atoms with Crippen LogP contribution in [0.4, 0.5) is 15.3 Å². The molecule has 7 N–H and O–H groups in total. The van der Waals surface area contributed by atoms with Crippen LogP contribution < -0.4 is 42.6 Å². The Morgan fingerprint density at radius 2 is 1.55 bits per heavy atom. The molecular formula is C63H84N8O17.